The molecule has 0 aromatic rings. The van der Waals surface area contributed by atoms with Gasteiger partial charge in [-0.25, -0.2) is 4.79 Å². The average molecular weight is 912 g/mol. The van der Waals surface area contributed by atoms with Crippen LogP contribution >= 0.6 is 0 Å². The lowest BCUT2D eigenvalue weighted by Gasteiger charge is -2.47. The van der Waals surface area contributed by atoms with Gasteiger partial charge in [0.1, 0.15) is 23.7 Å². The lowest BCUT2D eigenvalue weighted by atomic mass is 9.78. The molecule has 366 valence electrons. The second-order valence-electron chi connectivity index (χ2n) is 20.5. The smallest absolute Gasteiger partial charge is 0.329 e. The molecule has 1 aliphatic carbocycles. The molecule has 4 rings (SSSR count). The van der Waals surface area contributed by atoms with Gasteiger partial charge in [0.2, 0.25) is 5.79 Å². The van der Waals surface area contributed by atoms with Crippen molar-refractivity contribution in [2.24, 2.45) is 41.4 Å². The number of methoxy groups -OCH3 is 2. The van der Waals surface area contributed by atoms with Gasteiger partial charge in [-0.2, -0.15) is 0 Å². The Morgan fingerprint density at radius 3 is 2.28 bits per heavy atom. The van der Waals surface area contributed by atoms with Crippen molar-refractivity contribution in [1.82, 2.24) is 4.90 Å². The number of allylic oxidation sites excluding steroid dienone is 6. The maximum absolute atomic E-state index is 14.4. The van der Waals surface area contributed by atoms with E-state index in [1.807, 2.05) is 65.0 Å². The molecule has 0 aromatic carbocycles. The van der Waals surface area contributed by atoms with Gasteiger partial charge in [-0.1, -0.05) is 78.0 Å². The number of aliphatic hydroxyl groups excluding tert-OH is 2. The summed E-state index contributed by atoms with van der Waals surface area (Å²) in [6.45, 7) is 16.5. The Bertz CT molecular complexity index is 1790. The van der Waals surface area contributed by atoms with E-state index in [0.717, 1.165) is 12.0 Å². The zero-order valence-corrected chi connectivity index (χ0v) is 41.1. The normalized spacial score (nSPS) is 41.6. The molecular weight excluding hydrogens is 831 g/mol. The maximum Gasteiger partial charge on any atom is 0.329 e. The highest BCUT2D eigenvalue weighted by Crippen LogP contribution is 2.43. The van der Waals surface area contributed by atoms with Crippen LogP contribution < -0.4 is 0 Å². The summed E-state index contributed by atoms with van der Waals surface area (Å²) < 4.78 is 24.1. The number of piperidine rings is 1. The van der Waals surface area contributed by atoms with Crippen LogP contribution in [-0.2, 0) is 42.9 Å². The fourth-order valence-electron chi connectivity index (χ4n) is 10.5. The zero-order chi connectivity index (χ0) is 48.4. The Balaban J connectivity index is 1.71. The topological polar surface area (TPSA) is 186 Å². The number of esters is 1. The summed E-state index contributed by atoms with van der Waals surface area (Å²) in [7, 11) is 3.16. The molecule has 4 aliphatic rings. The van der Waals surface area contributed by atoms with Gasteiger partial charge in [0.05, 0.1) is 30.0 Å². The molecule has 0 aromatic heterocycles. The molecule has 3 aliphatic heterocycles. The first kappa shape index (κ1) is 54.3. The highest BCUT2D eigenvalue weighted by Gasteiger charge is 2.56. The molecule has 13 heteroatoms. The molecule has 1 saturated carbocycles. The Morgan fingerprint density at radius 2 is 1.60 bits per heavy atom. The first-order chi connectivity index (χ1) is 30.5. The van der Waals surface area contributed by atoms with E-state index < -0.39 is 77.3 Å². The fourth-order valence-corrected chi connectivity index (χ4v) is 10.5. The molecule has 2 bridgehead atoms. The van der Waals surface area contributed by atoms with Gasteiger partial charge in [0, 0.05) is 57.3 Å². The van der Waals surface area contributed by atoms with Crippen molar-refractivity contribution < 1.29 is 58.2 Å². The number of aliphatic hydroxyl groups is 3. The minimum absolute atomic E-state index is 0.0691. The summed E-state index contributed by atoms with van der Waals surface area (Å²) in [5, 5.41) is 33.9. The largest absolute Gasteiger partial charge is 0.460 e. The fraction of sp³-hybridized carbons (Fsp3) is 0.750. The number of cyclic esters (lactones) is 1. The van der Waals surface area contributed by atoms with Crippen LogP contribution in [0.25, 0.3) is 0 Å². The van der Waals surface area contributed by atoms with Crippen molar-refractivity contribution in [2.45, 2.75) is 187 Å². The number of amides is 1. The second kappa shape index (κ2) is 24.1. The molecular formula is C52H81NO12. The Morgan fingerprint density at radius 1 is 0.892 bits per heavy atom. The number of Topliss-reactive ketones (excluding diaryl/α,β-unsaturated/α-hetero) is 3. The van der Waals surface area contributed by atoms with Gasteiger partial charge in [0.15, 0.2) is 0 Å². The highest BCUT2D eigenvalue weighted by atomic mass is 16.6. The van der Waals surface area contributed by atoms with Gasteiger partial charge in [-0.15, -0.1) is 0 Å². The first-order valence-electron chi connectivity index (χ1n) is 24.2. The van der Waals surface area contributed by atoms with Crippen molar-refractivity contribution in [3.8, 4) is 0 Å². The average Bonchev–Trinajstić information content (AvgIpc) is 3.27. The van der Waals surface area contributed by atoms with Gasteiger partial charge in [-0.05, 0) is 114 Å². The van der Waals surface area contributed by atoms with Gasteiger partial charge in [0.25, 0.3) is 11.7 Å². The van der Waals surface area contributed by atoms with Crippen LogP contribution in [0.2, 0.25) is 0 Å². The standard InChI is InChI=1S/C52H81NO12/c1-31-17-13-12-14-18-32(2)45(63-11)30-51(9)23-22-37(7)52(61,65-51)48(58)49(59)53-24-16-15-19-40(53)50(60)64-43(34(4)27-39-20-21-41(54)44(28-39)62-10)29-42(55)33(3)26-36(6)47(57)38(8)46(56)35(5)25-31/h12-14,17-18,26,31,33-35,37-41,43-45,47,54,57,61H,15-16,19-25,27-30H2,1-11H3/b14-12+,17-13+,32-18+,36-26+/t31-,33-,34-,35-,37-,38+,39+,40+,41-,43+,44-,45+,47-,51+,52-/m1/s1. The summed E-state index contributed by atoms with van der Waals surface area (Å²) in [5.41, 5.74) is 0.331. The molecule has 0 radical (unpaired) electrons. The van der Waals surface area contributed by atoms with Crippen molar-refractivity contribution in [1.29, 1.82) is 0 Å². The van der Waals surface area contributed by atoms with E-state index in [4.69, 9.17) is 18.9 Å². The Hall–Kier alpha value is -3.33. The second-order valence-corrected chi connectivity index (χ2v) is 20.5. The summed E-state index contributed by atoms with van der Waals surface area (Å²) in [4.78, 5) is 71.9. The highest BCUT2D eigenvalue weighted by molar-refractivity contribution is 6.39. The minimum atomic E-state index is -2.46. The number of ether oxygens (including phenoxy) is 4. The molecule has 13 nitrogen and oxygen atoms in total. The van der Waals surface area contributed by atoms with Crippen molar-refractivity contribution in [2.75, 3.05) is 20.8 Å². The van der Waals surface area contributed by atoms with E-state index in [2.05, 4.69) is 0 Å². The SMILES string of the molecule is CO[C@H]1C[C@]2(C)CC[C@@H](C)[C@@](O)(O2)C(=O)C(=O)N2CCCC[C@H]2C(=O)O[C@H]([C@H](C)C[C@@H]2CC[C@@H](O)[C@H](OC)C2)CC(=O)[C@H](C)/C=C(\C)[C@@H](O)[C@@H](C)C(=O)[C@H](C)C[C@H](C)/C=C/C=C/C=C/1C. The lowest BCUT2D eigenvalue weighted by molar-refractivity contribution is -0.294. The predicted octanol–water partition coefficient (Wildman–Crippen LogP) is 7.19. The molecule has 1 amide bonds. The van der Waals surface area contributed by atoms with Crippen molar-refractivity contribution in [3.63, 3.8) is 0 Å². The molecule has 65 heavy (non-hydrogen) atoms. The van der Waals surface area contributed by atoms with Crippen molar-refractivity contribution in [3.05, 3.63) is 47.6 Å². The van der Waals surface area contributed by atoms with Crippen LogP contribution in [0.5, 0.6) is 0 Å². The predicted molar refractivity (Wildman–Crippen MR) is 248 cm³/mol. The number of hydrogen-bond donors (Lipinski definition) is 3. The number of carbonyl (C=O) groups is 5. The van der Waals surface area contributed by atoms with E-state index in [9.17, 15) is 39.3 Å². The molecule has 3 N–H and O–H groups in total. The van der Waals surface area contributed by atoms with Crippen LogP contribution in [0.4, 0.5) is 0 Å². The molecule has 3 fully saturated rings. The van der Waals surface area contributed by atoms with Gasteiger partial charge < -0.3 is 39.2 Å². The van der Waals surface area contributed by atoms with Gasteiger partial charge in [-0.3, -0.25) is 19.2 Å². The van der Waals surface area contributed by atoms with Gasteiger partial charge >= 0.3 is 5.97 Å². The number of rotatable bonds is 5. The van der Waals surface area contributed by atoms with E-state index >= 15 is 0 Å². The maximum atomic E-state index is 14.4. The summed E-state index contributed by atoms with van der Waals surface area (Å²) in [6.07, 6.45) is 13.4. The van der Waals surface area contributed by atoms with Crippen LogP contribution in [0.15, 0.2) is 47.6 Å². The van der Waals surface area contributed by atoms with Crippen LogP contribution in [-0.4, -0.2) is 118 Å². The van der Waals surface area contributed by atoms with Crippen LogP contribution in [0.1, 0.15) is 139 Å². The Labute approximate surface area is 388 Å². The summed E-state index contributed by atoms with van der Waals surface area (Å²) in [6, 6.07) is -1.13. The molecule has 15 atom stereocenters. The lowest BCUT2D eigenvalue weighted by Crippen LogP contribution is -2.62. The molecule has 0 spiro atoms. The molecule has 0 unspecified atom stereocenters. The van der Waals surface area contributed by atoms with E-state index in [1.54, 1.807) is 48.0 Å². The van der Waals surface area contributed by atoms with E-state index in [0.29, 0.717) is 63.4 Å². The summed E-state index contributed by atoms with van der Waals surface area (Å²) in [5.74, 6) is -8.23. The third-order valence-corrected chi connectivity index (χ3v) is 15.0. The number of nitrogens with zero attached hydrogens (tertiary/aromatic N) is 1. The van der Waals surface area contributed by atoms with E-state index in [1.165, 1.54) is 4.90 Å². The Kier molecular flexibility index (Phi) is 20.1. The monoisotopic (exact) mass is 912 g/mol. The molecule has 3 heterocycles. The molecule has 2 saturated heterocycles. The third-order valence-electron chi connectivity index (χ3n) is 15.0. The number of hydrogen-bond acceptors (Lipinski definition) is 12. The number of ketones is 3. The van der Waals surface area contributed by atoms with Crippen LogP contribution in [0, 0.1) is 41.4 Å². The summed E-state index contributed by atoms with van der Waals surface area (Å²) >= 11 is 0. The first-order valence-corrected chi connectivity index (χ1v) is 24.2. The third kappa shape index (κ3) is 14.1. The quantitative estimate of drug-likeness (QED) is 0.143. The number of fused-ring (bicyclic) bond motifs is 3. The zero-order valence-electron chi connectivity index (χ0n) is 41.1. The number of carbonyl (C=O) groups excluding carboxylic acids is 5. The van der Waals surface area contributed by atoms with Crippen molar-refractivity contribution >= 4 is 29.2 Å². The van der Waals surface area contributed by atoms with Crippen LogP contribution in [0.3, 0.4) is 0 Å². The minimum Gasteiger partial charge on any atom is -0.460 e. The van der Waals surface area contributed by atoms with E-state index in [-0.39, 0.29) is 60.7 Å².